The van der Waals surface area contributed by atoms with Crippen LogP contribution < -0.4 is 10.2 Å². The molecule has 0 radical (unpaired) electrons. The highest BCUT2D eigenvalue weighted by atomic mass is 16.5. The molecule has 1 saturated heterocycles. The summed E-state index contributed by atoms with van der Waals surface area (Å²) < 4.78 is 5.30. The van der Waals surface area contributed by atoms with Crippen LogP contribution in [0.1, 0.15) is 36.8 Å². The second-order valence-electron chi connectivity index (χ2n) is 8.44. The minimum Gasteiger partial charge on any atom is -0.368 e. The summed E-state index contributed by atoms with van der Waals surface area (Å²) in [6, 6.07) is 14.2. The van der Waals surface area contributed by atoms with Gasteiger partial charge in [0, 0.05) is 49.0 Å². The molecule has 7 nitrogen and oxygen atoms in total. The van der Waals surface area contributed by atoms with E-state index in [1.165, 1.54) is 0 Å². The van der Waals surface area contributed by atoms with E-state index in [2.05, 4.69) is 38.6 Å². The molecule has 1 aliphatic rings. The van der Waals surface area contributed by atoms with Crippen LogP contribution in [0.15, 0.2) is 47.0 Å². The third kappa shape index (κ3) is 4.87. The summed E-state index contributed by atoms with van der Waals surface area (Å²) in [7, 11) is 0. The largest absolute Gasteiger partial charge is 0.368 e. The zero-order chi connectivity index (χ0) is 22.0. The monoisotopic (exact) mass is 419 g/mol. The van der Waals surface area contributed by atoms with E-state index in [1.54, 1.807) is 0 Å². The fourth-order valence-corrected chi connectivity index (χ4v) is 3.83. The number of urea groups is 1. The van der Waals surface area contributed by atoms with Gasteiger partial charge in [0.2, 0.25) is 11.7 Å². The third-order valence-corrected chi connectivity index (χ3v) is 5.47. The minimum absolute atomic E-state index is 0.0435. The van der Waals surface area contributed by atoms with E-state index in [9.17, 15) is 4.79 Å². The van der Waals surface area contributed by atoms with Crippen molar-refractivity contribution in [1.29, 1.82) is 0 Å². The number of nitrogens with zero attached hydrogens (tertiary/aromatic N) is 4. The molecular weight excluding hydrogens is 390 g/mol. The summed E-state index contributed by atoms with van der Waals surface area (Å²) in [6.45, 7) is 11.1. The Balaban J connectivity index is 1.34. The number of carbonyl (C=O) groups excluding carboxylic acids is 1. The van der Waals surface area contributed by atoms with E-state index in [1.807, 2.05) is 56.9 Å². The third-order valence-electron chi connectivity index (χ3n) is 5.47. The first-order valence-electron chi connectivity index (χ1n) is 10.7. The SMILES string of the molecule is Cc1cc(C)cc(NC(=O)N2CCN(c3ccc(-c4noc(C(C)C)n4)cc3)CC2)c1. The number of hydrogen-bond acceptors (Lipinski definition) is 5. The topological polar surface area (TPSA) is 74.5 Å². The van der Waals surface area contributed by atoms with Crippen LogP contribution in [0.2, 0.25) is 0 Å². The first-order chi connectivity index (χ1) is 14.9. The molecule has 2 heterocycles. The average Bonchev–Trinajstić information content (AvgIpc) is 3.24. The Morgan fingerprint density at radius 2 is 1.65 bits per heavy atom. The smallest absolute Gasteiger partial charge is 0.321 e. The van der Waals surface area contributed by atoms with Crippen LogP contribution in [-0.4, -0.2) is 47.3 Å². The number of piperazine rings is 1. The number of anilines is 2. The number of nitrogens with one attached hydrogen (secondary N) is 1. The predicted octanol–water partition coefficient (Wildman–Crippen LogP) is 4.83. The van der Waals surface area contributed by atoms with Gasteiger partial charge in [0.1, 0.15) is 0 Å². The Hall–Kier alpha value is -3.35. The van der Waals surface area contributed by atoms with Crippen LogP contribution in [-0.2, 0) is 0 Å². The van der Waals surface area contributed by atoms with Crippen molar-refractivity contribution < 1.29 is 9.32 Å². The number of rotatable bonds is 4. The number of aryl methyl sites for hydroxylation is 2. The van der Waals surface area contributed by atoms with Crippen molar-refractivity contribution >= 4 is 17.4 Å². The summed E-state index contributed by atoms with van der Waals surface area (Å²) in [6.07, 6.45) is 0. The normalized spacial score (nSPS) is 14.2. The van der Waals surface area contributed by atoms with E-state index in [-0.39, 0.29) is 11.9 Å². The molecular formula is C24H29N5O2. The molecule has 2 aromatic carbocycles. The van der Waals surface area contributed by atoms with Gasteiger partial charge in [-0.2, -0.15) is 4.98 Å². The predicted molar refractivity (Wildman–Crippen MR) is 123 cm³/mol. The van der Waals surface area contributed by atoms with Crippen molar-refractivity contribution in [3.63, 3.8) is 0 Å². The van der Waals surface area contributed by atoms with Gasteiger partial charge in [0.15, 0.2) is 0 Å². The zero-order valence-electron chi connectivity index (χ0n) is 18.6. The van der Waals surface area contributed by atoms with Crippen LogP contribution in [0.3, 0.4) is 0 Å². The Morgan fingerprint density at radius 3 is 2.23 bits per heavy atom. The lowest BCUT2D eigenvalue weighted by Crippen LogP contribution is -2.50. The molecule has 3 aromatic rings. The van der Waals surface area contributed by atoms with Crippen molar-refractivity contribution in [3.8, 4) is 11.4 Å². The number of benzene rings is 2. The Labute approximate surface area is 183 Å². The van der Waals surface area contributed by atoms with E-state index in [0.29, 0.717) is 24.8 Å². The molecule has 0 atom stereocenters. The van der Waals surface area contributed by atoms with Crippen molar-refractivity contribution in [2.45, 2.75) is 33.6 Å². The molecule has 1 N–H and O–H groups in total. The minimum atomic E-state index is -0.0435. The number of hydrogen-bond donors (Lipinski definition) is 1. The first kappa shape index (κ1) is 20.9. The second-order valence-corrected chi connectivity index (χ2v) is 8.44. The fraction of sp³-hybridized carbons (Fsp3) is 0.375. The molecule has 0 saturated carbocycles. The van der Waals surface area contributed by atoms with Gasteiger partial charge in [0.05, 0.1) is 0 Å². The summed E-state index contributed by atoms with van der Waals surface area (Å²) in [4.78, 5) is 21.3. The second kappa shape index (κ2) is 8.79. The molecule has 2 amide bonds. The summed E-state index contributed by atoms with van der Waals surface area (Å²) in [5.74, 6) is 1.47. The van der Waals surface area contributed by atoms with Crippen LogP contribution in [0.4, 0.5) is 16.2 Å². The lowest BCUT2D eigenvalue weighted by atomic mass is 10.1. The summed E-state index contributed by atoms with van der Waals surface area (Å²) in [5, 5.41) is 7.10. The summed E-state index contributed by atoms with van der Waals surface area (Å²) in [5.41, 5.74) is 5.20. The maximum Gasteiger partial charge on any atom is 0.321 e. The van der Waals surface area contributed by atoms with E-state index >= 15 is 0 Å². The first-order valence-corrected chi connectivity index (χ1v) is 10.7. The van der Waals surface area contributed by atoms with Gasteiger partial charge in [0.25, 0.3) is 0 Å². The number of aromatic nitrogens is 2. The van der Waals surface area contributed by atoms with Gasteiger partial charge in [-0.25, -0.2) is 4.79 Å². The fourth-order valence-electron chi connectivity index (χ4n) is 3.83. The molecule has 4 rings (SSSR count). The lowest BCUT2D eigenvalue weighted by Gasteiger charge is -2.36. The highest BCUT2D eigenvalue weighted by molar-refractivity contribution is 5.89. The Kier molecular flexibility index (Phi) is 5.93. The van der Waals surface area contributed by atoms with E-state index in [0.717, 1.165) is 41.2 Å². The molecule has 1 aliphatic heterocycles. The molecule has 162 valence electrons. The van der Waals surface area contributed by atoms with Crippen LogP contribution in [0.25, 0.3) is 11.4 Å². The highest BCUT2D eigenvalue weighted by Crippen LogP contribution is 2.24. The number of carbonyl (C=O) groups is 1. The molecule has 31 heavy (non-hydrogen) atoms. The van der Waals surface area contributed by atoms with Gasteiger partial charge < -0.3 is 19.6 Å². The lowest BCUT2D eigenvalue weighted by molar-refractivity contribution is 0.208. The zero-order valence-corrected chi connectivity index (χ0v) is 18.6. The summed E-state index contributed by atoms with van der Waals surface area (Å²) >= 11 is 0. The van der Waals surface area contributed by atoms with E-state index < -0.39 is 0 Å². The highest BCUT2D eigenvalue weighted by Gasteiger charge is 2.22. The molecule has 0 spiro atoms. The molecule has 0 bridgehead atoms. The maximum absolute atomic E-state index is 12.7. The number of amides is 2. The van der Waals surface area contributed by atoms with E-state index in [4.69, 9.17) is 4.52 Å². The van der Waals surface area contributed by atoms with Crippen molar-refractivity contribution in [3.05, 3.63) is 59.5 Å². The maximum atomic E-state index is 12.7. The van der Waals surface area contributed by atoms with Crippen molar-refractivity contribution in [2.75, 3.05) is 36.4 Å². The van der Waals surface area contributed by atoms with Gasteiger partial charge in [-0.1, -0.05) is 25.1 Å². The van der Waals surface area contributed by atoms with Crippen molar-refractivity contribution in [2.24, 2.45) is 0 Å². The molecule has 0 aliphatic carbocycles. The van der Waals surface area contributed by atoms with Crippen molar-refractivity contribution in [1.82, 2.24) is 15.0 Å². The molecule has 1 aromatic heterocycles. The van der Waals surface area contributed by atoms with Crippen LogP contribution in [0, 0.1) is 13.8 Å². The molecule has 7 heteroatoms. The van der Waals surface area contributed by atoms with Gasteiger partial charge >= 0.3 is 6.03 Å². The average molecular weight is 420 g/mol. The Bertz CT molecular complexity index is 1030. The standard InChI is InChI=1S/C24H29N5O2/c1-16(2)23-26-22(27-31-23)19-5-7-21(8-6-19)28-9-11-29(12-10-28)24(30)25-20-14-17(3)13-18(4)15-20/h5-8,13-16H,9-12H2,1-4H3,(H,25,30). The Morgan fingerprint density at radius 1 is 1.00 bits per heavy atom. The van der Waals surface area contributed by atoms with Gasteiger partial charge in [-0.05, 0) is 61.4 Å². The van der Waals surface area contributed by atoms with Crippen LogP contribution in [0.5, 0.6) is 0 Å². The quantitative estimate of drug-likeness (QED) is 0.656. The molecule has 0 unspecified atom stereocenters. The van der Waals surface area contributed by atoms with Gasteiger partial charge in [-0.15, -0.1) is 0 Å². The van der Waals surface area contributed by atoms with Gasteiger partial charge in [-0.3, -0.25) is 0 Å². The molecule has 1 fully saturated rings. The van der Waals surface area contributed by atoms with Crippen LogP contribution >= 0.6 is 0 Å².